The van der Waals surface area contributed by atoms with Gasteiger partial charge in [0.1, 0.15) is 0 Å². The van der Waals surface area contributed by atoms with Crippen molar-refractivity contribution in [1.82, 2.24) is 0 Å². The fourth-order valence-electron chi connectivity index (χ4n) is 3.13. The number of hydrogen-bond acceptors (Lipinski definition) is 0. The fourth-order valence-corrected chi connectivity index (χ4v) is 3.13. The summed E-state index contributed by atoms with van der Waals surface area (Å²) in [6, 6.07) is 10.6. The highest BCUT2D eigenvalue weighted by atomic mass is 14.2. The van der Waals surface area contributed by atoms with E-state index < -0.39 is 0 Å². The highest BCUT2D eigenvalue weighted by Gasteiger charge is 2.12. The van der Waals surface area contributed by atoms with Crippen molar-refractivity contribution in [3.63, 3.8) is 0 Å². The van der Waals surface area contributed by atoms with Gasteiger partial charge in [-0.2, -0.15) is 0 Å². The Bertz CT molecular complexity index is 330. The molecule has 1 aromatic carbocycles. The normalized spacial score (nSPS) is 15.2. The Balaban J connectivity index is 0.000000385. The lowest BCUT2D eigenvalue weighted by Gasteiger charge is -2.21. The van der Waals surface area contributed by atoms with Crippen molar-refractivity contribution in [3.05, 3.63) is 35.9 Å². The second-order valence-corrected chi connectivity index (χ2v) is 7.56. The zero-order valence-electron chi connectivity index (χ0n) is 14.8. The smallest absolute Gasteiger partial charge is 0.0256 e. The summed E-state index contributed by atoms with van der Waals surface area (Å²) in [7, 11) is 0. The average Bonchev–Trinajstić information content (AvgIpc) is 2.47. The molecule has 0 unspecified atom stereocenters. The van der Waals surface area contributed by atoms with Crippen LogP contribution in [0.2, 0.25) is 0 Å². The quantitative estimate of drug-likeness (QED) is 0.527. The molecular weight excluding hydrogens is 264 g/mol. The van der Waals surface area contributed by atoms with Gasteiger partial charge in [-0.05, 0) is 29.7 Å². The average molecular weight is 305 g/mol. The molecule has 0 spiro atoms. The molecule has 0 aromatic heterocycles. The molecule has 1 aromatic rings. The van der Waals surface area contributed by atoms with Gasteiger partial charge in [0.05, 0.1) is 0 Å². The minimum Gasteiger partial charge on any atom is -0.0776 e. The van der Waals surface area contributed by atoms with Crippen LogP contribution in [0, 0.1) is 17.8 Å². The molecule has 0 aliphatic heterocycles. The number of benzene rings is 1. The molecule has 0 bridgehead atoms. The summed E-state index contributed by atoms with van der Waals surface area (Å²) in [4.78, 5) is 0. The van der Waals surface area contributed by atoms with Crippen molar-refractivity contribution in [2.45, 2.75) is 86.5 Å². The third-order valence-electron chi connectivity index (χ3n) is 4.36. The van der Waals surface area contributed by atoms with Crippen LogP contribution in [0.5, 0.6) is 0 Å². The number of hydrogen-bond donors (Lipinski definition) is 0. The van der Waals surface area contributed by atoms with E-state index in [2.05, 4.69) is 58.0 Å². The first-order valence-corrected chi connectivity index (χ1v) is 9.11. The van der Waals surface area contributed by atoms with Crippen LogP contribution in [0.3, 0.4) is 0 Å². The van der Waals surface area contributed by atoms with Gasteiger partial charge in [0.25, 0.3) is 0 Å². The Morgan fingerprint density at radius 3 is 1.95 bits per heavy atom. The summed E-state index contributed by atoms with van der Waals surface area (Å²) in [5.41, 5.74) is 1.44. The van der Waals surface area contributed by atoms with Crippen molar-refractivity contribution in [3.8, 4) is 0 Å². The van der Waals surface area contributed by atoms with Gasteiger partial charge in [-0.3, -0.25) is 0 Å². The van der Waals surface area contributed by atoms with E-state index in [9.17, 15) is 0 Å². The van der Waals surface area contributed by atoms with Crippen LogP contribution in [-0.4, -0.2) is 0 Å². The largest absolute Gasteiger partial charge is 0.0776 e. The van der Waals surface area contributed by atoms with Gasteiger partial charge < -0.3 is 0 Å². The first-order valence-electron chi connectivity index (χ1n) is 9.11. The van der Waals surface area contributed by atoms with Crippen LogP contribution < -0.4 is 0 Å². The van der Waals surface area contributed by atoms with Crippen LogP contribution in [0.1, 0.15) is 85.6 Å². The fraction of sp³-hybridized carbons (Fsp3) is 0.727. The zero-order chi connectivity index (χ0) is 15.5. The summed E-state index contributed by atoms with van der Waals surface area (Å²) >= 11 is 0. The van der Waals surface area contributed by atoms with Crippen molar-refractivity contribution in [2.24, 2.45) is 17.8 Å². The van der Waals surface area contributed by atoms with Gasteiger partial charge in [0.15, 0.2) is 0 Å². The van der Waals surface area contributed by atoms with Crippen LogP contribution in [0.15, 0.2) is 30.3 Å². The Hall–Kier alpha value is -0.780. The summed E-state index contributed by atoms with van der Waals surface area (Å²) in [5, 5.41) is 0. The molecule has 1 fully saturated rings. The molecule has 0 saturated heterocycles. The molecule has 128 valence electrons. The SMILES string of the molecule is C.CC(C)CCC1CCCCC1.CC(C)Cc1ccccc1. The lowest BCUT2D eigenvalue weighted by atomic mass is 9.85. The predicted octanol–water partition coefficient (Wildman–Crippen LogP) is 7.52. The van der Waals surface area contributed by atoms with Crippen molar-refractivity contribution in [2.75, 3.05) is 0 Å². The molecule has 0 heterocycles. The summed E-state index contributed by atoms with van der Waals surface area (Å²) in [6.45, 7) is 9.16. The lowest BCUT2D eigenvalue weighted by Crippen LogP contribution is -2.06. The molecule has 2 rings (SSSR count). The Kier molecular flexibility index (Phi) is 12.3. The highest BCUT2D eigenvalue weighted by Crippen LogP contribution is 2.28. The highest BCUT2D eigenvalue weighted by molar-refractivity contribution is 5.14. The standard InChI is InChI=1S/C11H22.C10H14.CH4/c1-10(2)8-9-11-6-4-3-5-7-11;1-9(2)8-10-6-4-3-5-7-10;/h10-11H,3-9H2,1-2H3;3-7,9H,8H2,1-2H3;1H4. The predicted molar refractivity (Wildman–Crippen MR) is 102 cm³/mol. The topological polar surface area (TPSA) is 0 Å². The summed E-state index contributed by atoms with van der Waals surface area (Å²) < 4.78 is 0. The molecule has 0 radical (unpaired) electrons. The van der Waals surface area contributed by atoms with Crippen molar-refractivity contribution in [1.29, 1.82) is 0 Å². The molecule has 0 amide bonds. The second-order valence-electron chi connectivity index (χ2n) is 7.56. The van der Waals surface area contributed by atoms with E-state index in [1.807, 2.05) is 0 Å². The van der Waals surface area contributed by atoms with Gasteiger partial charge in [-0.1, -0.05) is 110 Å². The summed E-state index contributed by atoms with van der Waals surface area (Å²) in [5.74, 6) is 2.77. The van der Waals surface area contributed by atoms with Gasteiger partial charge in [-0.15, -0.1) is 0 Å². The Morgan fingerprint density at radius 1 is 0.864 bits per heavy atom. The molecule has 0 atom stereocenters. The van der Waals surface area contributed by atoms with Crippen molar-refractivity contribution >= 4 is 0 Å². The molecule has 1 saturated carbocycles. The molecular formula is C22H40. The maximum Gasteiger partial charge on any atom is -0.0256 e. The lowest BCUT2D eigenvalue weighted by molar-refractivity contribution is 0.317. The van der Waals surface area contributed by atoms with Crippen LogP contribution >= 0.6 is 0 Å². The molecule has 0 heteroatoms. The van der Waals surface area contributed by atoms with E-state index in [-0.39, 0.29) is 7.43 Å². The Labute approximate surface area is 140 Å². The van der Waals surface area contributed by atoms with E-state index in [1.165, 1.54) is 56.9 Å². The second kappa shape index (κ2) is 12.7. The molecule has 0 nitrogen and oxygen atoms in total. The number of rotatable bonds is 5. The molecule has 1 aliphatic rings. The zero-order valence-corrected chi connectivity index (χ0v) is 14.8. The van der Waals surface area contributed by atoms with Gasteiger partial charge in [0, 0.05) is 0 Å². The van der Waals surface area contributed by atoms with Gasteiger partial charge >= 0.3 is 0 Å². The summed E-state index contributed by atoms with van der Waals surface area (Å²) in [6.07, 6.45) is 11.7. The third-order valence-corrected chi connectivity index (χ3v) is 4.36. The third kappa shape index (κ3) is 10.9. The maximum absolute atomic E-state index is 2.34. The molecule has 1 aliphatic carbocycles. The van der Waals surface area contributed by atoms with Crippen molar-refractivity contribution < 1.29 is 0 Å². The molecule has 22 heavy (non-hydrogen) atoms. The van der Waals surface area contributed by atoms with E-state index in [0.29, 0.717) is 0 Å². The Morgan fingerprint density at radius 2 is 1.45 bits per heavy atom. The monoisotopic (exact) mass is 304 g/mol. The first kappa shape index (κ1) is 21.2. The van der Waals surface area contributed by atoms with Gasteiger partial charge in [0.2, 0.25) is 0 Å². The van der Waals surface area contributed by atoms with Gasteiger partial charge in [-0.25, -0.2) is 0 Å². The van der Waals surface area contributed by atoms with E-state index in [4.69, 9.17) is 0 Å². The van der Waals surface area contributed by atoms with Crippen LogP contribution in [0.25, 0.3) is 0 Å². The maximum atomic E-state index is 2.34. The van der Waals surface area contributed by atoms with E-state index >= 15 is 0 Å². The molecule has 0 N–H and O–H groups in total. The van der Waals surface area contributed by atoms with E-state index in [1.54, 1.807) is 0 Å². The van der Waals surface area contributed by atoms with E-state index in [0.717, 1.165) is 17.8 Å². The first-order chi connectivity index (χ1) is 10.1. The minimum absolute atomic E-state index is 0. The van der Waals surface area contributed by atoms with Crippen LogP contribution in [0.4, 0.5) is 0 Å². The minimum atomic E-state index is 0. The van der Waals surface area contributed by atoms with Crippen LogP contribution in [-0.2, 0) is 6.42 Å².